The van der Waals surface area contributed by atoms with Crippen LogP contribution >= 0.6 is 0 Å². The molecular weight excluding hydrogens is 276 g/mol. The van der Waals surface area contributed by atoms with E-state index in [1.165, 1.54) is 25.7 Å². The van der Waals surface area contributed by atoms with Crippen LogP contribution in [0.25, 0.3) is 0 Å². The van der Waals surface area contributed by atoms with E-state index < -0.39 is 0 Å². The van der Waals surface area contributed by atoms with Crippen LogP contribution in [0, 0.1) is 0 Å². The summed E-state index contributed by atoms with van der Waals surface area (Å²) in [5, 5.41) is 7.12. The second kappa shape index (κ2) is 7.56. The van der Waals surface area contributed by atoms with Gasteiger partial charge < -0.3 is 15.4 Å². The van der Waals surface area contributed by atoms with Crippen LogP contribution in [0.4, 0.5) is 11.5 Å². The van der Waals surface area contributed by atoms with Gasteiger partial charge in [0.05, 0.1) is 11.4 Å². The lowest BCUT2D eigenvalue weighted by atomic mass is 10.1. The number of unbranched alkanes of at least 4 members (excludes halogenated alkanes) is 2. The Hall–Kier alpha value is -1.65. The van der Waals surface area contributed by atoms with E-state index in [0.29, 0.717) is 12.5 Å². The number of rotatable bonds is 7. The Balaban J connectivity index is 1.74. The molecule has 1 aromatic heterocycles. The highest BCUT2D eigenvalue weighted by atomic mass is 16.1. The summed E-state index contributed by atoms with van der Waals surface area (Å²) in [6.07, 6.45) is 11.7. The predicted octanol–water partition coefficient (Wildman–Crippen LogP) is 3.10. The Bertz CT molecular complexity index is 512. The molecule has 2 N–H and O–H groups in total. The Morgan fingerprint density at radius 1 is 1.18 bits per heavy atom. The molecule has 0 aromatic carbocycles. The Labute approximate surface area is 132 Å². The molecule has 3 rings (SSSR count). The molecule has 1 saturated carbocycles. The molecule has 2 heterocycles. The van der Waals surface area contributed by atoms with Crippen LogP contribution in [0.15, 0.2) is 0 Å². The van der Waals surface area contributed by atoms with Crippen molar-refractivity contribution < 1.29 is 4.79 Å². The van der Waals surface area contributed by atoms with Gasteiger partial charge in [-0.2, -0.15) is 0 Å². The quantitative estimate of drug-likeness (QED) is 0.598. The lowest BCUT2D eigenvalue weighted by Crippen LogP contribution is -2.22. The number of aldehydes is 1. The Kier molecular flexibility index (Phi) is 5.24. The van der Waals surface area contributed by atoms with Crippen molar-refractivity contribution in [2.45, 2.75) is 70.3 Å². The van der Waals surface area contributed by atoms with Crippen LogP contribution in [0.1, 0.15) is 62.9 Å². The number of hydrogen-bond donors (Lipinski definition) is 2. The number of carbonyl (C=O) groups excluding carboxylic acids is 1. The summed E-state index contributed by atoms with van der Waals surface area (Å²) in [7, 11) is 0. The number of aryl methyl sites for hydroxylation is 2. The molecule has 0 spiro atoms. The highest BCUT2D eigenvalue weighted by Crippen LogP contribution is 2.30. The maximum Gasteiger partial charge on any atom is 0.153 e. The van der Waals surface area contributed by atoms with Crippen molar-refractivity contribution in [3.8, 4) is 0 Å². The first kappa shape index (κ1) is 15.3. The normalized spacial score (nSPS) is 17.8. The van der Waals surface area contributed by atoms with Gasteiger partial charge in [0.15, 0.2) is 5.82 Å². The summed E-state index contributed by atoms with van der Waals surface area (Å²) in [5.74, 6) is 1.93. The Morgan fingerprint density at radius 2 is 2.05 bits per heavy atom. The van der Waals surface area contributed by atoms with E-state index in [9.17, 15) is 4.79 Å². The third kappa shape index (κ3) is 3.76. The minimum absolute atomic E-state index is 0.561. The first-order valence-corrected chi connectivity index (χ1v) is 8.70. The number of nitrogens with zero attached hydrogens (tertiary/aromatic N) is 2. The molecule has 1 fully saturated rings. The molecule has 0 atom stereocenters. The highest BCUT2D eigenvalue weighted by Gasteiger charge is 2.21. The van der Waals surface area contributed by atoms with Gasteiger partial charge in [-0.1, -0.05) is 12.8 Å². The standard InChI is InChI=1S/C17H26N4O/c22-12-5-1-2-10-15-20-14-9-6-11-18-16(14)17(21-15)19-13-7-3-4-8-13/h12-13,18H,1-11H2,(H,19,20,21). The summed E-state index contributed by atoms with van der Waals surface area (Å²) >= 11 is 0. The second-order valence-corrected chi connectivity index (χ2v) is 6.38. The van der Waals surface area contributed by atoms with Gasteiger partial charge in [0.2, 0.25) is 0 Å². The zero-order valence-electron chi connectivity index (χ0n) is 13.2. The number of nitrogens with one attached hydrogen (secondary N) is 2. The lowest BCUT2D eigenvalue weighted by Gasteiger charge is -2.23. The molecule has 2 aliphatic rings. The van der Waals surface area contributed by atoms with E-state index in [1.54, 1.807) is 0 Å². The van der Waals surface area contributed by atoms with Gasteiger partial charge >= 0.3 is 0 Å². The van der Waals surface area contributed by atoms with Gasteiger partial charge in [0, 0.05) is 25.4 Å². The van der Waals surface area contributed by atoms with Crippen molar-refractivity contribution in [2.75, 3.05) is 17.2 Å². The van der Waals surface area contributed by atoms with E-state index in [0.717, 1.165) is 68.0 Å². The van der Waals surface area contributed by atoms with E-state index in [4.69, 9.17) is 9.97 Å². The number of anilines is 2. The lowest BCUT2D eigenvalue weighted by molar-refractivity contribution is -0.107. The molecule has 0 amide bonds. The van der Waals surface area contributed by atoms with E-state index in [1.807, 2.05) is 0 Å². The van der Waals surface area contributed by atoms with Crippen LogP contribution in [0.5, 0.6) is 0 Å². The number of fused-ring (bicyclic) bond motifs is 1. The van der Waals surface area contributed by atoms with E-state index in [2.05, 4.69) is 10.6 Å². The van der Waals surface area contributed by atoms with Gasteiger partial charge in [0.25, 0.3) is 0 Å². The average molecular weight is 302 g/mol. The minimum atomic E-state index is 0.561. The van der Waals surface area contributed by atoms with Crippen molar-refractivity contribution in [2.24, 2.45) is 0 Å². The Morgan fingerprint density at radius 3 is 2.86 bits per heavy atom. The SMILES string of the molecule is O=CCCCCc1nc2c(c(NC3CCCC3)n1)NCCC2. The van der Waals surface area contributed by atoms with Crippen LogP contribution in [0.2, 0.25) is 0 Å². The maximum absolute atomic E-state index is 10.4. The summed E-state index contributed by atoms with van der Waals surface area (Å²) in [6.45, 7) is 1.01. The van der Waals surface area contributed by atoms with Crippen LogP contribution < -0.4 is 10.6 Å². The third-order valence-electron chi connectivity index (χ3n) is 4.59. The first-order valence-electron chi connectivity index (χ1n) is 8.70. The van der Waals surface area contributed by atoms with Gasteiger partial charge in [0.1, 0.15) is 12.1 Å². The maximum atomic E-state index is 10.4. The molecule has 5 heteroatoms. The number of aromatic nitrogens is 2. The molecule has 0 radical (unpaired) electrons. The zero-order chi connectivity index (χ0) is 15.2. The molecule has 0 saturated heterocycles. The number of hydrogen-bond acceptors (Lipinski definition) is 5. The topological polar surface area (TPSA) is 66.9 Å². The second-order valence-electron chi connectivity index (χ2n) is 6.38. The van der Waals surface area contributed by atoms with E-state index in [-0.39, 0.29) is 0 Å². The van der Waals surface area contributed by atoms with Gasteiger partial charge in [-0.25, -0.2) is 9.97 Å². The van der Waals surface area contributed by atoms with Crippen molar-refractivity contribution >= 4 is 17.8 Å². The largest absolute Gasteiger partial charge is 0.381 e. The van der Waals surface area contributed by atoms with E-state index >= 15 is 0 Å². The van der Waals surface area contributed by atoms with Crippen LogP contribution in [-0.4, -0.2) is 28.8 Å². The monoisotopic (exact) mass is 302 g/mol. The smallest absolute Gasteiger partial charge is 0.153 e. The zero-order valence-corrected chi connectivity index (χ0v) is 13.2. The highest BCUT2D eigenvalue weighted by molar-refractivity contribution is 5.68. The van der Waals surface area contributed by atoms with Crippen LogP contribution in [0.3, 0.4) is 0 Å². The minimum Gasteiger partial charge on any atom is -0.381 e. The van der Waals surface area contributed by atoms with Gasteiger partial charge in [-0.3, -0.25) is 0 Å². The molecule has 120 valence electrons. The third-order valence-corrected chi connectivity index (χ3v) is 4.59. The fraction of sp³-hybridized carbons (Fsp3) is 0.706. The molecule has 1 aliphatic heterocycles. The van der Waals surface area contributed by atoms with Gasteiger partial charge in [-0.15, -0.1) is 0 Å². The molecule has 22 heavy (non-hydrogen) atoms. The molecule has 1 aliphatic carbocycles. The summed E-state index contributed by atoms with van der Waals surface area (Å²) in [5.41, 5.74) is 2.28. The summed E-state index contributed by atoms with van der Waals surface area (Å²) < 4.78 is 0. The summed E-state index contributed by atoms with van der Waals surface area (Å²) in [4.78, 5) is 19.9. The summed E-state index contributed by atoms with van der Waals surface area (Å²) in [6, 6.07) is 0.561. The van der Waals surface area contributed by atoms with Crippen LogP contribution in [-0.2, 0) is 17.6 Å². The number of carbonyl (C=O) groups is 1. The molecular formula is C17H26N4O. The fourth-order valence-electron chi connectivity index (χ4n) is 3.38. The average Bonchev–Trinajstić information content (AvgIpc) is 3.05. The molecule has 0 bridgehead atoms. The van der Waals surface area contributed by atoms with Crippen molar-refractivity contribution in [3.63, 3.8) is 0 Å². The van der Waals surface area contributed by atoms with Crippen molar-refractivity contribution in [3.05, 3.63) is 11.5 Å². The molecule has 0 unspecified atom stereocenters. The van der Waals surface area contributed by atoms with Crippen molar-refractivity contribution in [1.82, 2.24) is 9.97 Å². The van der Waals surface area contributed by atoms with Crippen molar-refractivity contribution in [1.29, 1.82) is 0 Å². The first-order chi connectivity index (χ1) is 10.9. The fourth-order valence-corrected chi connectivity index (χ4v) is 3.38. The molecule has 5 nitrogen and oxygen atoms in total. The predicted molar refractivity (Wildman–Crippen MR) is 88.3 cm³/mol. The van der Waals surface area contributed by atoms with Gasteiger partial charge in [-0.05, 0) is 38.5 Å². The molecule has 1 aromatic rings.